The molecule has 0 aliphatic rings. The van der Waals surface area contributed by atoms with Crippen LogP contribution in [0.3, 0.4) is 0 Å². The van der Waals surface area contributed by atoms with Crippen LogP contribution in [0, 0.1) is 7.14 Å². The highest BCUT2D eigenvalue weighted by atomic mass is 127. The Balaban J connectivity index is 1.76. The molecule has 2 aromatic rings. The molecule has 0 atom stereocenters. The summed E-state index contributed by atoms with van der Waals surface area (Å²) < 4.78 is 4.53. The molecule has 0 aliphatic carbocycles. The van der Waals surface area contributed by atoms with E-state index in [0.29, 0.717) is 13.1 Å². The molecule has 2 rings (SSSR count). The first-order chi connectivity index (χ1) is 18.2. The zero-order chi connectivity index (χ0) is 28.0. The van der Waals surface area contributed by atoms with E-state index >= 15 is 0 Å². The van der Waals surface area contributed by atoms with Gasteiger partial charge in [0.25, 0.3) is 0 Å². The molecule has 0 aliphatic heterocycles. The van der Waals surface area contributed by atoms with Crippen LogP contribution in [0.5, 0.6) is 0 Å². The van der Waals surface area contributed by atoms with Crippen molar-refractivity contribution in [2.75, 3.05) is 52.4 Å². The number of halogens is 2. The SMILES string of the molecule is CC[N+](CC)(CCCNC(=O)C(=O)NCCC[N+](CC)(CC)Cc1ccccc1I)Cc1ccccc1I. The maximum atomic E-state index is 12.4. The van der Waals surface area contributed by atoms with E-state index in [1.165, 1.54) is 18.3 Å². The Bertz CT molecular complexity index is 941. The highest BCUT2D eigenvalue weighted by Crippen LogP contribution is 2.21. The molecular formula is C30H46I2N4O2+2. The Morgan fingerprint density at radius 2 is 0.974 bits per heavy atom. The summed E-state index contributed by atoms with van der Waals surface area (Å²) in [5, 5.41) is 5.66. The Morgan fingerprint density at radius 1 is 0.632 bits per heavy atom. The number of quaternary nitrogens is 2. The number of nitrogens with zero attached hydrogens (tertiary/aromatic N) is 2. The van der Waals surface area contributed by atoms with E-state index in [4.69, 9.17) is 0 Å². The van der Waals surface area contributed by atoms with Gasteiger partial charge >= 0.3 is 11.8 Å². The lowest BCUT2D eigenvalue weighted by Crippen LogP contribution is -2.49. The summed E-state index contributed by atoms with van der Waals surface area (Å²) in [4.78, 5) is 24.8. The van der Waals surface area contributed by atoms with Crippen molar-refractivity contribution in [3.8, 4) is 0 Å². The fourth-order valence-electron chi connectivity index (χ4n) is 5.05. The van der Waals surface area contributed by atoms with Crippen molar-refractivity contribution in [2.45, 2.75) is 53.6 Å². The largest absolute Gasteiger partial charge is 0.348 e. The Labute approximate surface area is 257 Å². The second-order valence-corrected chi connectivity index (χ2v) is 12.4. The average Bonchev–Trinajstić information content (AvgIpc) is 2.94. The zero-order valence-corrected chi connectivity index (χ0v) is 27.9. The predicted octanol–water partition coefficient (Wildman–Crippen LogP) is 5.32. The third-order valence-electron chi connectivity index (χ3n) is 8.01. The van der Waals surface area contributed by atoms with Crippen LogP contribution in [0.4, 0.5) is 0 Å². The summed E-state index contributed by atoms with van der Waals surface area (Å²) in [6.45, 7) is 18.0. The van der Waals surface area contributed by atoms with Crippen molar-refractivity contribution >= 4 is 57.0 Å². The number of hydrogen-bond acceptors (Lipinski definition) is 2. The Morgan fingerprint density at radius 3 is 1.29 bits per heavy atom. The highest BCUT2D eigenvalue weighted by molar-refractivity contribution is 14.1. The van der Waals surface area contributed by atoms with Gasteiger partial charge in [0.2, 0.25) is 0 Å². The van der Waals surface area contributed by atoms with Crippen molar-refractivity contribution in [3.05, 3.63) is 66.8 Å². The summed E-state index contributed by atoms with van der Waals surface area (Å²) in [5.74, 6) is -1.06. The van der Waals surface area contributed by atoms with E-state index in [9.17, 15) is 9.59 Å². The molecule has 0 bridgehead atoms. The number of benzene rings is 2. The number of hydrogen-bond donors (Lipinski definition) is 2. The molecule has 0 spiro atoms. The standard InChI is InChI=1S/C30H44I2N4O2/c1-5-35(6-2,23-25-15-9-11-17-27(25)31)21-13-19-33-29(37)30(38)34-20-14-22-36(7-3,8-4)24-26-16-10-12-18-28(26)32/h9-12,15-18H,5-8,13-14,19-24H2,1-4H3/p+2. The quantitative estimate of drug-likeness (QED) is 0.106. The third-order valence-corrected chi connectivity index (χ3v) is 10.1. The van der Waals surface area contributed by atoms with Crippen molar-refractivity contribution in [1.82, 2.24) is 10.6 Å². The molecule has 6 nitrogen and oxygen atoms in total. The van der Waals surface area contributed by atoms with Crippen molar-refractivity contribution < 1.29 is 18.6 Å². The minimum Gasteiger partial charge on any atom is -0.348 e. The average molecular weight is 749 g/mol. The molecule has 8 heteroatoms. The van der Waals surface area contributed by atoms with E-state index in [0.717, 1.165) is 74.2 Å². The fraction of sp³-hybridized carbons (Fsp3) is 0.533. The molecule has 210 valence electrons. The number of carbonyl (C=O) groups is 2. The van der Waals surface area contributed by atoms with Gasteiger partial charge in [0.05, 0.1) is 39.3 Å². The van der Waals surface area contributed by atoms with Gasteiger partial charge in [0, 0.05) is 44.2 Å². The summed E-state index contributed by atoms with van der Waals surface area (Å²) in [6.07, 6.45) is 1.69. The smallest absolute Gasteiger partial charge is 0.309 e. The molecule has 0 fully saturated rings. The van der Waals surface area contributed by atoms with E-state index in [1.807, 2.05) is 0 Å². The first-order valence-electron chi connectivity index (χ1n) is 14.0. The maximum absolute atomic E-state index is 12.4. The normalized spacial score (nSPS) is 11.8. The van der Waals surface area contributed by atoms with Crippen LogP contribution < -0.4 is 10.6 Å². The van der Waals surface area contributed by atoms with E-state index in [1.54, 1.807) is 0 Å². The molecule has 0 unspecified atom stereocenters. The number of rotatable bonds is 16. The Kier molecular flexibility index (Phi) is 14.5. The maximum Gasteiger partial charge on any atom is 0.309 e. The van der Waals surface area contributed by atoms with Crippen LogP contribution in [-0.4, -0.2) is 73.1 Å². The Hall–Kier alpha value is -1.24. The van der Waals surface area contributed by atoms with E-state index in [2.05, 4.69) is 132 Å². The monoisotopic (exact) mass is 748 g/mol. The molecular weight excluding hydrogens is 702 g/mol. The van der Waals surface area contributed by atoms with Gasteiger partial charge < -0.3 is 19.6 Å². The predicted molar refractivity (Wildman–Crippen MR) is 173 cm³/mol. The van der Waals surface area contributed by atoms with Gasteiger partial charge in [-0.25, -0.2) is 0 Å². The summed E-state index contributed by atoms with van der Waals surface area (Å²) in [6, 6.07) is 17.1. The van der Waals surface area contributed by atoms with Gasteiger partial charge in [0.15, 0.2) is 0 Å². The fourth-order valence-corrected chi connectivity index (χ4v) is 6.17. The molecule has 2 N–H and O–H groups in total. The molecule has 0 radical (unpaired) electrons. The second-order valence-electron chi connectivity index (χ2n) is 10.1. The van der Waals surface area contributed by atoms with Gasteiger partial charge in [-0.05, 0) is 85.0 Å². The molecule has 0 aromatic heterocycles. The second kappa shape index (κ2) is 16.8. The van der Waals surface area contributed by atoms with Crippen molar-refractivity contribution in [2.24, 2.45) is 0 Å². The number of nitrogens with one attached hydrogen (secondary N) is 2. The lowest BCUT2D eigenvalue weighted by atomic mass is 10.1. The number of amides is 2. The topological polar surface area (TPSA) is 58.2 Å². The molecule has 0 heterocycles. The summed E-state index contributed by atoms with van der Waals surface area (Å²) >= 11 is 4.82. The van der Waals surface area contributed by atoms with Crippen LogP contribution >= 0.6 is 45.2 Å². The minimum atomic E-state index is -0.528. The summed E-state index contributed by atoms with van der Waals surface area (Å²) in [7, 11) is 0. The minimum absolute atomic E-state index is 0.513. The molecule has 0 saturated heterocycles. The first kappa shape index (κ1) is 33.0. The lowest BCUT2D eigenvalue weighted by Gasteiger charge is -2.37. The van der Waals surface area contributed by atoms with Crippen LogP contribution in [-0.2, 0) is 22.7 Å². The third kappa shape index (κ3) is 10.1. The molecule has 0 saturated carbocycles. The van der Waals surface area contributed by atoms with Gasteiger partial charge in [0.1, 0.15) is 13.1 Å². The molecule has 38 heavy (non-hydrogen) atoms. The molecule has 2 aromatic carbocycles. The lowest BCUT2D eigenvalue weighted by molar-refractivity contribution is -0.937. The zero-order valence-electron chi connectivity index (χ0n) is 23.6. The van der Waals surface area contributed by atoms with Crippen LogP contribution in [0.25, 0.3) is 0 Å². The van der Waals surface area contributed by atoms with Crippen molar-refractivity contribution in [1.29, 1.82) is 0 Å². The van der Waals surface area contributed by atoms with E-state index in [-0.39, 0.29) is 0 Å². The highest BCUT2D eigenvalue weighted by Gasteiger charge is 2.26. The van der Waals surface area contributed by atoms with Crippen LogP contribution in [0.2, 0.25) is 0 Å². The molecule has 2 amide bonds. The van der Waals surface area contributed by atoms with Crippen LogP contribution in [0.1, 0.15) is 51.7 Å². The van der Waals surface area contributed by atoms with Gasteiger partial charge in [-0.3, -0.25) is 9.59 Å². The van der Waals surface area contributed by atoms with Gasteiger partial charge in [-0.15, -0.1) is 0 Å². The van der Waals surface area contributed by atoms with Gasteiger partial charge in [-0.1, -0.05) is 36.4 Å². The summed E-state index contributed by atoms with van der Waals surface area (Å²) in [5.41, 5.74) is 2.74. The van der Waals surface area contributed by atoms with Crippen LogP contribution in [0.15, 0.2) is 48.5 Å². The van der Waals surface area contributed by atoms with Gasteiger partial charge in [-0.2, -0.15) is 0 Å². The first-order valence-corrected chi connectivity index (χ1v) is 16.1. The number of carbonyl (C=O) groups excluding carboxylic acids is 2. The van der Waals surface area contributed by atoms with E-state index < -0.39 is 11.8 Å². The van der Waals surface area contributed by atoms with Crippen molar-refractivity contribution in [3.63, 3.8) is 0 Å².